The molecule has 0 saturated carbocycles. The highest BCUT2D eigenvalue weighted by Crippen LogP contribution is 2.46. The maximum Gasteiger partial charge on any atom is 0.0925 e. The highest BCUT2D eigenvalue weighted by molar-refractivity contribution is 5.23. The standard InChI is InChI=1S/C20H32O3/c1-15(2)20-11-10-16(3)6-5-7-17(14-21)8-9-18(22)19(4,23-20)12-13-20/h6-7,10-11,15,18,21-22H,5,8-9,12-14H2,1-4H3/b11-10+,16-6?,17-7?/t18-,19-,20-/m0/s1. The lowest BCUT2D eigenvalue weighted by molar-refractivity contribution is -0.145. The topological polar surface area (TPSA) is 49.7 Å². The largest absolute Gasteiger partial charge is 0.392 e. The first kappa shape index (κ1) is 18.4. The molecule has 2 heterocycles. The molecule has 3 nitrogen and oxygen atoms in total. The van der Waals surface area contributed by atoms with E-state index in [2.05, 4.69) is 45.1 Å². The first-order valence-electron chi connectivity index (χ1n) is 8.84. The van der Waals surface area contributed by atoms with Crippen molar-refractivity contribution in [1.29, 1.82) is 0 Å². The zero-order valence-corrected chi connectivity index (χ0v) is 15.0. The molecule has 0 spiro atoms. The second-order valence-electron chi connectivity index (χ2n) is 7.62. The monoisotopic (exact) mass is 320 g/mol. The molecule has 2 rings (SSSR count). The van der Waals surface area contributed by atoms with E-state index in [4.69, 9.17) is 4.74 Å². The number of ether oxygens (including phenoxy) is 1. The quantitative estimate of drug-likeness (QED) is 0.758. The van der Waals surface area contributed by atoms with E-state index < -0.39 is 11.7 Å². The summed E-state index contributed by atoms with van der Waals surface area (Å²) in [5.74, 6) is 0.358. The van der Waals surface area contributed by atoms with E-state index in [0.29, 0.717) is 18.8 Å². The maximum absolute atomic E-state index is 10.7. The van der Waals surface area contributed by atoms with Gasteiger partial charge in [-0.25, -0.2) is 0 Å². The normalized spacial score (nSPS) is 37.4. The Labute approximate surface area is 140 Å². The zero-order valence-electron chi connectivity index (χ0n) is 15.0. The van der Waals surface area contributed by atoms with Gasteiger partial charge in [-0.05, 0) is 57.4 Å². The molecular weight excluding hydrogens is 288 g/mol. The van der Waals surface area contributed by atoms with Gasteiger partial charge in [0.2, 0.25) is 0 Å². The highest BCUT2D eigenvalue weighted by atomic mass is 16.5. The smallest absolute Gasteiger partial charge is 0.0925 e. The minimum atomic E-state index is -0.513. The fraction of sp³-hybridized carbons (Fsp3) is 0.700. The van der Waals surface area contributed by atoms with Gasteiger partial charge in [-0.15, -0.1) is 0 Å². The molecule has 0 aromatic heterocycles. The van der Waals surface area contributed by atoms with Gasteiger partial charge in [0.05, 0.1) is 23.9 Å². The van der Waals surface area contributed by atoms with E-state index >= 15 is 0 Å². The minimum Gasteiger partial charge on any atom is -0.392 e. The summed E-state index contributed by atoms with van der Waals surface area (Å²) in [4.78, 5) is 0. The maximum atomic E-state index is 10.7. The first-order valence-corrected chi connectivity index (χ1v) is 8.84. The van der Waals surface area contributed by atoms with Crippen molar-refractivity contribution in [2.75, 3.05) is 6.61 Å². The van der Waals surface area contributed by atoms with Crippen LogP contribution in [0.1, 0.15) is 59.8 Å². The van der Waals surface area contributed by atoms with Crippen LogP contribution in [-0.2, 0) is 4.74 Å². The van der Waals surface area contributed by atoms with E-state index in [0.717, 1.165) is 24.8 Å². The molecule has 2 aliphatic rings. The Balaban J connectivity index is 2.35. The molecule has 130 valence electrons. The Bertz CT molecular complexity index is 503. The Morgan fingerprint density at radius 3 is 2.70 bits per heavy atom. The lowest BCUT2D eigenvalue weighted by Gasteiger charge is -2.37. The predicted molar refractivity (Wildman–Crippen MR) is 94.2 cm³/mol. The fourth-order valence-corrected chi connectivity index (χ4v) is 3.56. The summed E-state index contributed by atoms with van der Waals surface area (Å²) in [6.45, 7) is 8.55. The summed E-state index contributed by atoms with van der Waals surface area (Å²) in [5, 5.41) is 20.2. The van der Waals surface area contributed by atoms with Crippen molar-refractivity contribution < 1.29 is 14.9 Å². The van der Waals surface area contributed by atoms with Crippen LogP contribution in [0.15, 0.2) is 35.5 Å². The summed E-state index contributed by atoms with van der Waals surface area (Å²) in [5.41, 5.74) is 1.39. The third-order valence-corrected chi connectivity index (χ3v) is 5.53. The Hall–Kier alpha value is -0.900. The molecule has 3 atom stereocenters. The number of rotatable bonds is 2. The van der Waals surface area contributed by atoms with Crippen molar-refractivity contribution in [1.82, 2.24) is 0 Å². The molecular formula is C20H32O3. The SMILES string of the molecule is CC1=CCC=C(CO)CC[C@H](O)[C@]2(C)CC[C@](C(C)C)(/C=C/1)O2. The van der Waals surface area contributed by atoms with Crippen molar-refractivity contribution in [2.24, 2.45) is 5.92 Å². The molecule has 2 bridgehead atoms. The fourth-order valence-electron chi connectivity index (χ4n) is 3.56. The first-order chi connectivity index (χ1) is 10.8. The molecule has 3 heteroatoms. The number of allylic oxidation sites excluding steroid dienone is 4. The Morgan fingerprint density at radius 2 is 2.04 bits per heavy atom. The Morgan fingerprint density at radius 1 is 1.30 bits per heavy atom. The summed E-state index contributed by atoms with van der Waals surface area (Å²) in [6.07, 6.45) is 12.0. The summed E-state index contributed by atoms with van der Waals surface area (Å²) >= 11 is 0. The predicted octanol–water partition coefficient (Wildman–Crippen LogP) is 3.92. The molecule has 0 radical (unpaired) electrons. The number of fused-ring (bicyclic) bond motifs is 2. The number of hydrogen-bond acceptors (Lipinski definition) is 3. The van der Waals surface area contributed by atoms with Gasteiger partial charge in [0.15, 0.2) is 0 Å². The van der Waals surface area contributed by atoms with Gasteiger partial charge in [-0.1, -0.05) is 43.7 Å². The lowest BCUT2D eigenvalue weighted by Crippen LogP contribution is -2.43. The van der Waals surface area contributed by atoms with Crippen molar-refractivity contribution >= 4 is 0 Å². The molecule has 2 N–H and O–H groups in total. The summed E-state index contributed by atoms with van der Waals surface area (Å²) in [7, 11) is 0. The third kappa shape index (κ3) is 4.14. The number of aliphatic hydroxyl groups is 2. The molecule has 0 aromatic carbocycles. The van der Waals surface area contributed by atoms with Gasteiger partial charge in [-0.2, -0.15) is 0 Å². The molecule has 2 aliphatic heterocycles. The molecule has 0 aliphatic carbocycles. The van der Waals surface area contributed by atoms with Crippen LogP contribution in [0.2, 0.25) is 0 Å². The van der Waals surface area contributed by atoms with E-state index in [-0.39, 0.29) is 12.2 Å². The van der Waals surface area contributed by atoms with E-state index in [1.165, 1.54) is 5.57 Å². The van der Waals surface area contributed by atoms with Crippen molar-refractivity contribution in [2.45, 2.75) is 77.1 Å². The van der Waals surface area contributed by atoms with Gasteiger partial charge in [0, 0.05) is 0 Å². The van der Waals surface area contributed by atoms with Crippen molar-refractivity contribution in [3.8, 4) is 0 Å². The Kier molecular flexibility index (Phi) is 5.88. The van der Waals surface area contributed by atoms with Crippen LogP contribution < -0.4 is 0 Å². The summed E-state index contributed by atoms with van der Waals surface area (Å²) < 4.78 is 6.50. The van der Waals surface area contributed by atoms with Gasteiger partial charge in [-0.3, -0.25) is 0 Å². The minimum absolute atomic E-state index is 0.0585. The summed E-state index contributed by atoms with van der Waals surface area (Å²) in [6, 6.07) is 0. The van der Waals surface area contributed by atoms with Crippen LogP contribution in [-0.4, -0.2) is 34.1 Å². The number of hydrogen-bond donors (Lipinski definition) is 2. The highest BCUT2D eigenvalue weighted by Gasteiger charge is 2.50. The second kappa shape index (κ2) is 7.33. The van der Waals surface area contributed by atoms with Gasteiger partial charge >= 0.3 is 0 Å². The van der Waals surface area contributed by atoms with Crippen LogP contribution in [0, 0.1) is 5.92 Å². The second-order valence-corrected chi connectivity index (χ2v) is 7.62. The zero-order chi connectivity index (χ0) is 17.1. The van der Waals surface area contributed by atoms with E-state index in [9.17, 15) is 10.2 Å². The van der Waals surface area contributed by atoms with Crippen LogP contribution in [0.3, 0.4) is 0 Å². The van der Waals surface area contributed by atoms with Crippen LogP contribution in [0.25, 0.3) is 0 Å². The molecule has 1 fully saturated rings. The molecule has 0 unspecified atom stereocenters. The molecule has 1 saturated heterocycles. The lowest BCUT2D eigenvalue weighted by atomic mass is 9.85. The van der Waals surface area contributed by atoms with Gasteiger partial charge in [0.1, 0.15) is 0 Å². The molecule has 0 aromatic rings. The number of aliphatic hydroxyl groups excluding tert-OH is 2. The van der Waals surface area contributed by atoms with Gasteiger partial charge in [0.25, 0.3) is 0 Å². The third-order valence-electron chi connectivity index (χ3n) is 5.53. The van der Waals surface area contributed by atoms with Crippen LogP contribution >= 0.6 is 0 Å². The van der Waals surface area contributed by atoms with Crippen molar-refractivity contribution in [3.63, 3.8) is 0 Å². The van der Waals surface area contributed by atoms with Gasteiger partial charge < -0.3 is 14.9 Å². The molecule has 23 heavy (non-hydrogen) atoms. The van der Waals surface area contributed by atoms with Crippen LogP contribution in [0.5, 0.6) is 0 Å². The van der Waals surface area contributed by atoms with Crippen molar-refractivity contribution in [3.05, 3.63) is 35.5 Å². The molecule has 0 amide bonds. The van der Waals surface area contributed by atoms with E-state index in [1.807, 2.05) is 6.92 Å². The average molecular weight is 320 g/mol. The average Bonchev–Trinajstić information content (AvgIpc) is 2.88. The van der Waals surface area contributed by atoms with Crippen LogP contribution in [0.4, 0.5) is 0 Å². The van der Waals surface area contributed by atoms with E-state index in [1.54, 1.807) is 0 Å².